The van der Waals surface area contributed by atoms with Gasteiger partial charge in [0.05, 0.1) is 6.10 Å². The Morgan fingerprint density at radius 2 is 1.94 bits per heavy atom. The zero-order chi connectivity index (χ0) is 13.0. The summed E-state index contributed by atoms with van der Waals surface area (Å²) < 4.78 is 5.54. The molecule has 1 heterocycles. The molecule has 0 atom stereocenters. The van der Waals surface area contributed by atoms with Crippen molar-refractivity contribution in [1.29, 1.82) is 0 Å². The molecule has 2 N–H and O–H groups in total. The number of nitrogens with two attached hydrogens (primary N) is 1. The van der Waals surface area contributed by atoms with Gasteiger partial charge in [-0.2, -0.15) is 4.98 Å². The highest BCUT2D eigenvalue weighted by molar-refractivity contribution is 5.67. The van der Waals surface area contributed by atoms with Crippen LogP contribution in [0.1, 0.15) is 27.7 Å². The maximum Gasteiger partial charge on any atom is 0.242 e. The smallest absolute Gasteiger partial charge is 0.242 e. The zero-order valence-electron chi connectivity index (χ0n) is 11.3. The van der Waals surface area contributed by atoms with Crippen molar-refractivity contribution in [1.82, 2.24) is 9.97 Å². The summed E-state index contributed by atoms with van der Waals surface area (Å²) in [5.41, 5.74) is 6.52. The Balaban J connectivity index is 2.93. The van der Waals surface area contributed by atoms with E-state index in [0.29, 0.717) is 17.5 Å². The molecule has 96 valence electrons. The molecule has 1 aromatic heterocycles. The topological polar surface area (TPSA) is 64.3 Å². The number of nitrogens with zero attached hydrogens (tertiary/aromatic N) is 3. The van der Waals surface area contributed by atoms with E-state index < -0.39 is 0 Å². The fourth-order valence-corrected chi connectivity index (χ4v) is 1.63. The van der Waals surface area contributed by atoms with E-state index >= 15 is 0 Å². The highest BCUT2D eigenvalue weighted by Crippen LogP contribution is 2.28. The molecule has 0 fully saturated rings. The van der Waals surface area contributed by atoms with Crippen LogP contribution in [0.3, 0.4) is 0 Å². The van der Waals surface area contributed by atoms with Gasteiger partial charge in [0.15, 0.2) is 5.82 Å². The Morgan fingerprint density at radius 1 is 1.29 bits per heavy atom. The van der Waals surface area contributed by atoms with Gasteiger partial charge >= 0.3 is 0 Å². The van der Waals surface area contributed by atoms with E-state index in [9.17, 15) is 0 Å². The molecule has 1 aromatic rings. The molecule has 0 unspecified atom stereocenters. The SMILES string of the molecule is CC(C)CN(C)c1ncnc(OC(C)C)c1N. The number of nitrogen functional groups attached to an aromatic ring is 1. The van der Waals surface area contributed by atoms with Gasteiger partial charge in [0.2, 0.25) is 5.88 Å². The number of ether oxygens (including phenoxy) is 1. The van der Waals surface area contributed by atoms with E-state index in [1.807, 2.05) is 25.8 Å². The molecule has 0 aliphatic heterocycles. The van der Waals surface area contributed by atoms with Crippen LogP contribution in [0.4, 0.5) is 11.5 Å². The average Bonchev–Trinajstić information content (AvgIpc) is 2.19. The van der Waals surface area contributed by atoms with E-state index in [2.05, 4.69) is 23.8 Å². The third-order valence-corrected chi connectivity index (χ3v) is 2.17. The molecule has 0 spiro atoms. The lowest BCUT2D eigenvalue weighted by atomic mass is 10.2. The van der Waals surface area contributed by atoms with Crippen molar-refractivity contribution in [2.75, 3.05) is 24.2 Å². The number of aromatic nitrogens is 2. The second-order valence-electron chi connectivity index (χ2n) is 4.86. The van der Waals surface area contributed by atoms with Crippen molar-refractivity contribution in [3.05, 3.63) is 6.33 Å². The normalized spacial score (nSPS) is 11.0. The minimum Gasteiger partial charge on any atom is -0.473 e. The molecule has 17 heavy (non-hydrogen) atoms. The van der Waals surface area contributed by atoms with Gasteiger partial charge in [-0.1, -0.05) is 13.8 Å². The Bertz CT molecular complexity index is 366. The molecular weight excluding hydrogens is 216 g/mol. The highest BCUT2D eigenvalue weighted by Gasteiger charge is 2.14. The first-order chi connectivity index (χ1) is 7.91. The molecule has 0 saturated carbocycles. The van der Waals surface area contributed by atoms with Crippen molar-refractivity contribution in [3.63, 3.8) is 0 Å². The van der Waals surface area contributed by atoms with E-state index in [1.165, 1.54) is 6.33 Å². The van der Waals surface area contributed by atoms with Crippen molar-refractivity contribution in [2.45, 2.75) is 33.8 Å². The summed E-state index contributed by atoms with van der Waals surface area (Å²) in [6.07, 6.45) is 1.54. The Labute approximate surface area is 103 Å². The first kappa shape index (κ1) is 13.5. The molecular formula is C12H22N4O. The van der Waals surface area contributed by atoms with Gasteiger partial charge in [0.25, 0.3) is 0 Å². The molecule has 1 rings (SSSR count). The van der Waals surface area contributed by atoms with Crippen LogP contribution < -0.4 is 15.4 Å². The van der Waals surface area contributed by atoms with Crippen LogP contribution in [0.2, 0.25) is 0 Å². The molecule has 0 aromatic carbocycles. The second kappa shape index (κ2) is 5.70. The van der Waals surface area contributed by atoms with Gasteiger partial charge in [0, 0.05) is 13.6 Å². The minimum absolute atomic E-state index is 0.0513. The summed E-state index contributed by atoms with van der Waals surface area (Å²) in [5.74, 6) is 1.73. The van der Waals surface area contributed by atoms with Crippen LogP contribution in [-0.2, 0) is 0 Å². The number of anilines is 2. The Kier molecular flexibility index (Phi) is 4.54. The summed E-state index contributed by atoms with van der Waals surface area (Å²) in [4.78, 5) is 10.3. The first-order valence-electron chi connectivity index (χ1n) is 5.90. The molecule has 0 amide bonds. The fraction of sp³-hybridized carbons (Fsp3) is 0.667. The molecule has 5 heteroatoms. The Morgan fingerprint density at radius 3 is 2.47 bits per heavy atom. The van der Waals surface area contributed by atoms with Crippen molar-refractivity contribution in [3.8, 4) is 5.88 Å². The van der Waals surface area contributed by atoms with Gasteiger partial charge < -0.3 is 15.4 Å². The summed E-state index contributed by atoms with van der Waals surface area (Å²) in [6.45, 7) is 9.08. The maximum atomic E-state index is 6.02. The summed E-state index contributed by atoms with van der Waals surface area (Å²) in [7, 11) is 1.97. The lowest BCUT2D eigenvalue weighted by molar-refractivity contribution is 0.234. The first-order valence-corrected chi connectivity index (χ1v) is 5.90. The minimum atomic E-state index is 0.0513. The summed E-state index contributed by atoms with van der Waals surface area (Å²) in [5, 5.41) is 0. The van der Waals surface area contributed by atoms with E-state index in [0.717, 1.165) is 12.4 Å². The van der Waals surface area contributed by atoms with Gasteiger partial charge in [0.1, 0.15) is 12.0 Å². The average molecular weight is 238 g/mol. The molecule has 0 bridgehead atoms. The molecule has 0 radical (unpaired) electrons. The standard InChI is InChI=1S/C12H22N4O/c1-8(2)6-16(5)11-10(13)12(15-7-14-11)17-9(3)4/h7-9H,6,13H2,1-5H3. The van der Waals surface area contributed by atoms with Crippen molar-refractivity contribution < 1.29 is 4.74 Å². The van der Waals surface area contributed by atoms with Crippen molar-refractivity contribution in [2.24, 2.45) is 5.92 Å². The molecule has 0 aliphatic rings. The van der Waals surface area contributed by atoms with Crippen LogP contribution >= 0.6 is 0 Å². The third-order valence-electron chi connectivity index (χ3n) is 2.17. The molecule has 0 saturated heterocycles. The lowest BCUT2D eigenvalue weighted by Gasteiger charge is -2.22. The van der Waals surface area contributed by atoms with Crippen LogP contribution in [0.5, 0.6) is 5.88 Å². The lowest BCUT2D eigenvalue weighted by Crippen LogP contribution is -2.25. The highest BCUT2D eigenvalue weighted by atomic mass is 16.5. The van der Waals surface area contributed by atoms with E-state index in [1.54, 1.807) is 0 Å². The van der Waals surface area contributed by atoms with E-state index in [-0.39, 0.29) is 6.10 Å². The number of rotatable bonds is 5. The Hall–Kier alpha value is -1.52. The van der Waals surface area contributed by atoms with Crippen LogP contribution in [0.15, 0.2) is 6.33 Å². The van der Waals surface area contributed by atoms with Crippen LogP contribution in [0, 0.1) is 5.92 Å². The van der Waals surface area contributed by atoms with Crippen molar-refractivity contribution >= 4 is 11.5 Å². The fourth-order valence-electron chi connectivity index (χ4n) is 1.63. The quantitative estimate of drug-likeness (QED) is 0.849. The monoisotopic (exact) mass is 238 g/mol. The largest absolute Gasteiger partial charge is 0.473 e. The number of hydrogen-bond donors (Lipinski definition) is 1. The predicted molar refractivity (Wildman–Crippen MR) is 70.3 cm³/mol. The summed E-state index contributed by atoms with van der Waals surface area (Å²) >= 11 is 0. The summed E-state index contributed by atoms with van der Waals surface area (Å²) in [6, 6.07) is 0. The van der Waals surface area contributed by atoms with Gasteiger partial charge in [-0.3, -0.25) is 0 Å². The van der Waals surface area contributed by atoms with E-state index in [4.69, 9.17) is 10.5 Å². The predicted octanol–water partition coefficient (Wildman–Crippen LogP) is 1.94. The van der Waals surface area contributed by atoms with Gasteiger partial charge in [-0.05, 0) is 19.8 Å². The number of hydrogen-bond acceptors (Lipinski definition) is 5. The maximum absolute atomic E-state index is 6.02. The molecule has 5 nitrogen and oxygen atoms in total. The van der Waals surface area contributed by atoms with Crippen LogP contribution in [0.25, 0.3) is 0 Å². The molecule has 0 aliphatic carbocycles. The second-order valence-corrected chi connectivity index (χ2v) is 4.86. The van der Waals surface area contributed by atoms with Crippen LogP contribution in [-0.4, -0.2) is 29.7 Å². The van der Waals surface area contributed by atoms with Gasteiger partial charge in [-0.25, -0.2) is 4.98 Å². The third kappa shape index (κ3) is 3.76. The zero-order valence-corrected chi connectivity index (χ0v) is 11.3. The van der Waals surface area contributed by atoms with Gasteiger partial charge in [-0.15, -0.1) is 0 Å².